The monoisotopic (exact) mass is 532 g/mol. The molecule has 188 valence electrons. The fourth-order valence-corrected chi connectivity index (χ4v) is 3.36. The minimum absolute atomic E-state index is 0. The molecule has 0 radical (unpaired) electrons. The smallest absolute Gasteiger partial charge is 0.426 e. The number of hydrogen-bond acceptors (Lipinski definition) is 4. The maximum Gasteiger partial charge on any atom is 0.426 e. The zero-order valence-electron chi connectivity index (χ0n) is 17.3. The van der Waals surface area contributed by atoms with Gasteiger partial charge in [0.05, 0.1) is 18.3 Å². The lowest BCUT2D eigenvalue weighted by Gasteiger charge is -2.35. The Morgan fingerprint density at radius 2 is 1.82 bits per heavy atom. The van der Waals surface area contributed by atoms with E-state index in [1.165, 1.54) is 41.3 Å². The Morgan fingerprint density at radius 3 is 2.44 bits per heavy atom. The van der Waals surface area contributed by atoms with Gasteiger partial charge in [0.25, 0.3) is 0 Å². The number of benzene rings is 2. The van der Waals surface area contributed by atoms with E-state index in [4.69, 9.17) is 16.3 Å². The Kier molecular flexibility index (Phi) is 9.46. The van der Waals surface area contributed by atoms with E-state index in [9.17, 15) is 31.1 Å². The van der Waals surface area contributed by atoms with Crippen LogP contribution in [0.25, 0.3) is 0 Å². The van der Waals surface area contributed by atoms with Crippen molar-refractivity contribution in [1.82, 2.24) is 4.90 Å². The van der Waals surface area contributed by atoms with Gasteiger partial charge in [-0.25, -0.2) is 4.79 Å². The summed E-state index contributed by atoms with van der Waals surface area (Å²) in [4.78, 5) is 13.3. The van der Waals surface area contributed by atoms with Crippen LogP contribution >= 0.6 is 24.0 Å². The van der Waals surface area contributed by atoms with Crippen LogP contribution in [0.2, 0.25) is 5.02 Å². The summed E-state index contributed by atoms with van der Waals surface area (Å²) in [7, 11) is 0. The first kappa shape index (κ1) is 28.0. The van der Waals surface area contributed by atoms with Crippen LogP contribution in [0.3, 0.4) is 0 Å². The van der Waals surface area contributed by atoms with Crippen molar-refractivity contribution in [3.05, 3.63) is 64.7 Å². The van der Waals surface area contributed by atoms with Gasteiger partial charge < -0.3 is 9.47 Å². The van der Waals surface area contributed by atoms with Crippen LogP contribution in [0.5, 0.6) is 0 Å². The number of ether oxygens (including phenoxy) is 2. The first-order valence-corrected chi connectivity index (χ1v) is 10.1. The molecule has 1 amide bonds. The summed E-state index contributed by atoms with van der Waals surface area (Å²) in [6.45, 7) is -0.709. The van der Waals surface area contributed by atoms with Gasteiger partial charge in [0.1, 0.15) is 0 Å². The maximum absolute atomic E-state index is 13.5. The fraction of sp³-hybridized carbons (Fsp3) is 0.381. The average molecular weight is 533 g/mol. The molecule has 0 saturated carbocycles. The molecule has 3 rings (SSSR count). The third-order valence-electron chi connectivity index (χ3n) is 4.87. The quantitative estimate of drug-likeness (QED) is 0.457. The van der Waals surface area contributed by atoms with Crippen LogP contribution in [0.4, 0.5) is 36.8 Å². The highest BCUT2D eigenvalue weighted by molar-refractivity contribution is 6.30. The van der Waals surface area contributed by atoms with Crippen molar-refractivity contribution in [3.63, 3.8) is 0 Å². The van der Waals surface area contributed by atoms with Gasteiger partial charge in [-0.1, -0.05) is 23.7 Å². The van der Waals surface area contributed by atoms with E-state index in [1.54, 1.807) is 0 Å². The van der Waals surface area contributed by atoms with E-state index < -0.39 is 42.8 Å². The van der Waals surface area contributed by atoms with Crippen LogP contribution in [-0.4, -0.2) is 49.5 Å². The third kappa shape index (κ3) is 7.93. The molecular weight excluding hydrogens is 513 g/mol. The van der Waals surface area contributed by atoms with Crippen molar-refractivity contribution in [2.24, 2.45) is 0 Å². The van der Waals surface area contributed by atoms with Crippen LogP contribution in [0, 0.1) is 0 Å². The van der Waals surface area contributed by atoms with Gasteiger partial charge in [0, 0.05) is 30.3 Å². The summed E-state index contributed by atoms with van der Waals surface area (Å²) in [5.41, 5.74) is -0.489. The van der Waals surface area contributed by atoms with Gasteiger partial charge in [-0.3, -0.25) is 10.2 Å². The number of carbonyl (C=O) groups is 1. The van der Waals surface area contributed by atoms with E-state index in [2.05, 4.69) is 10.1 Å². The SMILES string of the molecule is Cl.O=C(Nc1ccc(Cl)cc1)O[C@@H](CN1CCO[C@H](c2cccc(C(F)(F)F)c2)C1)C(F)(F)F. The second kappa shape index (κ2) is 11.5. The molecule has 2 atom stereocenters. The molecule has 1 aliphatic heterocycles. The van der Waals surface area contributed by atoms with Crippen molar-refractivity contribution in [3.8, 4) is 0 Å². The highest BCUT2D eigenvalue weighted by atomic mass is 35.5. The van der Waals surface area contributed by atoms with Gasteiger partial charge in [0.2, 0.25) is 6.10 Å². The zero-order valence-corrected chi connectivity index (χ0v) is 18.9. The number of morpholine rings is 1. The van der Waals surface area contributed by atoms with Crippen LogP contribution in [0.15, 0.2) is 48.5 Å². The highest BCUT2D eigenvalue weighted by Crippen LogP contribution is 2.33. The van der Waals surface area contributed by atoms with Crippen molar-refractivity contribution in [2.45, 2.75) is 24.6 Å². The number of nitrogens with one attached hydrogen (secondary N) is 1. The Balaban J connectivity index is 0.00000408. The molecule has 1 fully saturated rings. The molecule has 0 spiro atoms. The normalized spacial score (nSPS) is 18.0. The first-order chi connectivity index (χ1) is 15.4. The van der Waals surface area contributed by atoms with Gasteiger partial charge in [0.15, 0.2) is 0 Å². The Labute approximate surface area is 202 Å². The van der Waals surface area contributed by atoms with E-state index in [0.717, 1.165) is 12.1 Å². The number of amides is 1. The number of anilines is 1. The molecule has 13 heteroatoms. The number of hydrogen-bond donors (Lipinski definition) is 1. The predicted octanol–water partition coefficient (Wildman–Crippen LogP) is 6.33. The molecule has 5 nitrogen and oxygen atoms in total. The molecule has 0 aliphatic carbocycles. The Hall–Kier alpha value is -2.21. The average Bonchev–Trinajstić information content (AvgIpc) is 2.74. The molecule has 0 aromatic heterocycles. The summed E-state index contributed by atoms with van der Waals surface area (Å²) in [6.07, 6.45) is -14.0. The summed E-state index contributed by atoms with van der Waals surface area (Å²) < 4.78 is 89.6. The summed E-state index contributed by atoms with van der Waals surface area (Å²) in [5.74, 6) is 0. The van der Waals surface area contributed by atoms with Crippen molar-refractivity contribution < 1.29 is 40.6 Å². The standard InChI is InChI=1S/C21H19ClF6N2O3.ClH/c22-15-4-6-16(7-5-15)29-19(31)33-18(21(26,27)28)12-30-8-9-32-17(11-30)13-2-1-3-14(10-13)20(23,24)25;/h1-7,10,17-18H,8-9,11-12H2,(H,29,31);1H/t17-,18-;/m0./s1. The van der Waals surface area contributed by atoms with Gasteiger partial charge in [-0.15, -0.1) is 12.4 Å². The molecule has 2 aromatic carbocycles. The van der Waals surface area contributed by atoms with Crippen LogP contribution in [0.1, 0.15) is 17.2 Å². The van der Waals surface area contributed by atoms with Gasteiger partial charge in [-0.05, 0) is 42.0 Å². The van der Waals surface area contributed by atoms with Crippen molar-refractivity contribution in [2.75, 3.05) is 31.6 Å². The topological polar surface area (TPSA) is 50.8 Å². The molecule has 1 saturated heterocycles. The molecular formula is C21H20Cl2F6N2O3. The largest absolute Gasteiger partial charge is 0.435 e. The molecule has 1 N–H and O–H groups in total. The fourth-order valence-electron chi connectivity index (χ4n) is 3.24. The third-order valence-corrected chi connectivity index (χ3v) is 5.12. The maximum atomic E-state index is 13.5. The number of nitrogens with zero attached hydrogens (tertiary/aromatic N) is 1. The van der Waals surface area contributed by atoms with Crippen LogP contribution < -0.4 is 5.32 Å². The molecule has 0 bridgehead atoms. The predicted molar refractivity (Wildman–Crippen MR) is 115 cm³/mol. The van der Waals surface area contributed by atoms with Gasteiger partial charge >= 0.3 is 18.4 Å². The first-order valence-electron chi connectivity index (χ1n) is 9.73. The lowest BCUT2D eigenvalue weighted by molar-refractivity contribution is -0.209. The second-order valence-electron chi connectivity index (χ2n) is 7.31. The molecule has 1 aliphatic rings. The summed E-state index contributed by atoms with van der Waals surface area (Å²) >= 11 is 5.72. The highest BCUT2D eigenvalue weighted by Gasteiger charge is 2.44. The zero-order chi connectivity index (χ0) is 24.2. The van der Waals surface area contributed by atoms with Gasteiger partial charge in [-0.2, -0.15) is 26.3 Å². The number of halogens is 8. The number of carbonyl (C=O) groups excluding carboxylic acids is 1. The molecule has 34 heavy (non-hydrogen) atoms. The number of alkyl halides is 6. The lowest BCUT2D eigenvalue weighted by atomic mass is 10.0. The minimum Gasteiger partial charge on any atom is -0.435 e. The summed E-state index contributed by atoms with van der Waals surface area (Å²) in [6, 6.07) is 10.1. The van der Waals surface area contributed by atoms with Crippen molar-refractivity contribution >= 4 is 35.8 Å². The van der Waals surface area contributed by atoms with Crippen molar-refractivity contribution in [1.29, 1.82) is 0 Å². The summed E-state index contributed by atoms with van der Waals surface area (Å²) in [5, 5.41) is 2.57. The lowest BCUT2D eigenvalue weighted by Crippen LogP contribution is -2.48. The van der Waals surface area contributed by atoms with E-state index in [1.807, 2.05) is 0 Å². The van der Waals surface area contributed by atoms with E-state index >= 15 is 0 Å². The van der Waals surface area contributed by atoms with Crippen LogP contribution in [-0.2, 0) is 15.7 Å². The molecule has 0 unspecified atom stereocenters. The van der Waals surface area contributed by atoms with E-state index in [-0.39, 0.29) is 43.4 Å². The minimum atomic E-state index is -4.86. The van der Waals surface area contributed by atoms with E-state index in [0.29, 0.717) is 5.02 Å². The molecule has 1 heterocycles. The Bertz CT molecular complexity index is 957. The second-order valence-corrected chi connectivity index (χ2v) is 7.75. The Morgan fingerprint density at radius 1 is 1.15 bits per heavy atom. The molecule has 2 aromatic rings. The number of rotatable bonds is 5.